The van der Waals surface area contributed by atoms with Gasteiger partial charge < -0.3 is 20.1 Å². The topological polar surface area (TPSA) is 102 Å². The highest BCUT2D eigenvalue weighted by Crippen LogP contribution is 2.20. The zero-order valence-corrected chi connectivity index (χ0v) is 18.0. The van der Waals surface area contributed by atoms with Crippen LogP contribution in [0.25, 0.3) is 0 Å². The lowest BCUT2D eigenvalue weighted by atomic mass is 9.98. The molecule has 3 rings (SSSR count). The van der Waals surface area contributed by atoms with Crippen LogP contribution in [0.5, 0.6) is 11.8 Å². The molecule has 2 amide bonds. The molecule has 0 spiro atoms. The second-order valence-electron chi connectivity index (χ2n) is 7.22. The SMILES string of the molecule is CC[C@H](C)[C@H](NC(=O)OCc1ccccc1)C(=O)Nc1ccc(Oc2ncccn2)cc1. The van der Waals surface area contributed by atoms with E-state index in [4.69, 9.17) is 9.47 Å². The van der Waals surface area contributed by atoms with Crippen molar-refractivity contribution in [3.8, 4) is 11.8 Å². The highest BCUT2D eigenvalue weighted by atomic mass is 16.5. The molecule has 3 aromatic rings. The van der Waals surface area contributed by atoms with Crippen LogP contribution in [0.4, 0.5) is 10.5 Å². The van der Waals surface area contributed by atoms with Crippen molar-refractivity contribution >= 4 is 17.7 Å². The van der Waals surface area contributed by atoms with Crippen LogP contribution in [0.3, 0.4) is 0 Å². The molecule has 2 N–H and O–H groups in total. The van der Waals surface area contributed by atoms with Crippen LogP contribution in [0.1, 0.15) is 25.8 Å². The number of nitrogens with one attached hydrogen (secondary N) is 2. The lowest BCUT2D eigenvalue weighted by Crippen LogP contribution is -2.47. The predicted molar refractivity (Wildman–Crippen MR) is 120 cm³/mol. The normalized spacial score (nSPS) is 12.3. The Balaban J connectivity index is 1.57. The number of hydrogen-bond donors (Lipinski definition) is 2. The van der Waals surface area contributed by atoms with Crippen LogP contribution < -0.4 is 15.4 Å². The van der Waals surface area contributed by atoms with Crippen molar-refractivity contribution in [2.45, 2.75) is 32.9 Å². The first-order valence-electron chi connectivity index (χ1n) is 10.4. The highest BCUT2D eigenvalue weighted by Gasteiger charge is 2.26. The fraction of sp³-hybridized carbons (Fsp3) is 0.250. The first-order chi connectivity index (χ1) is 15.5. The number of anilines is 1. The molecular weight excluding hydrogens is 408 g/mol. The van der Waals surface area contributed by atoms with Crippen molar-refractivity contribution < 1.29 is 19.1 Å². The Morgan fingerprint density at radius 2 is 1.66 bits per heavy atom. The molecule has 0 bridgehead atoms. The van der Waals surface area contributed by atoms with E-state index in [1.807, 2.05) is 44.2 Å². The van der Waals surface area contributed by atoms with Crippen molar-refractivity contribution in [1.29, 1.82) is 0 Å². The maximum atomic E-state index is 12.9. The van der Waals surface area contributed by atoms with Gasteiger partial charge >= 0.3 is 12.1 Å². The molecule has 1 aromatic heterocycles. The molecule has 8 nitrogen and oxygen atoms in total. The Morgan fingerprint density at radius 1 is 0.969 bits per heavy atom. The molecule has 2 aromatic carbocycles. The number of carbonyl (C=O) groups excluding carboxylic acids is 2. The van der Waals surface area contributed by atoms with Crippen molar-refractivity contribution in [2.75, 3.05) is 5.32 Å². The van der Waals surface area contributed by atoms with Gasteiger partial charge in [-0.25, -0.2) is 14.8 Å². The summed E-state index contributed by atoms with van der Waals surface area (Å²) in [6, 6.07) is 17.4. The second-order valence-corrected chi connectivity index (χ2v) is 7.22. The monoisotopic (exact) mass is 434 g/mol. The average Bonchev–Trinajstić information content (AvgIpc) is 2.83. The number of benzene rings is 2. The van der Waals surface area contributed by atoms with E-state index in [9.17, 15) is 9.59 Å². The van der Waals surface area contributed by atoms with Crippen LogP contribution in [0.2, 0.25) is 0 Å². The predicted octanol–water partition coefficient (Wildman–Crippen LogP) is 4.55. The van der Waals surface area contributed by atoms with E-state index in [2.05, 4.69) is 20.6 Å². The summed E-state index contributed by atoms with van der Waals surface area (Å²) in [5.41, 5.74) is 1.44. The maximum Gasteiger partial charge on any atom is 0.408 e. The van der Waals surface area contributed by atoms with E-state index in [-0.39, 0.29) is 24.4 Å². The van der Waals surface area contributed by atoms with Crippen LogP contribution in [-0.4, -0.2) is 28.0 Å². The molecule has 0 aliphatic rings. The number of rotatable bonds is 9. The Bertz CT molecular complexity index is 998. The number of carbonyl (C=O) groups is 2. The molecule has 0 aliphatic carbocycles. The molecule has 0 saturated carbocycles. The largest absolute Gasteiger partial charge is 0.445 e. The van der Waals surface area contributed by atoms with E-state index in [1.54, 1.807) is 42.7 Å². The lowest BCUT2D eigenvalue weighted by molar-refractivity contribution is -0.119. The Kier molecular flexibility index (Phi) is 8.14. The average molecular weight is 434 g/mol. The van der Waals surface area contributed by atoms with E-state index < -0.39 is 12.1 Å². The van der Waals surface area contributed by atoms with Gasteiger partial charge in [-0.15, -0.1) is 0 Å². The molecule has 8 heteroatoms. The first kappa shape index (κ1) is 22.7. The fourth-order valence-corrected chi connectivity index (χ4v) is 2.86. The third-order valence-electron chi connectivity index (χ3n) is 4.85. The van der Waals surface area contributed by atoms with E-state index in [0.29, 0.717) is 17.9 Å². The lowest BCUT2D eigenvalue weighted by Gasteiger charge is -2.23. The minimum absolute atomic E-state index is 0.0860. The van der Waals surface area contributed by atoms with Gasteiger partial charge in [-0.1, -0.05) is 50.6 Å². The zero-order chi connectivity index (χ0) is 22.8. The highest BCUT2D eigenvalue weighted by molar-refractivity contribution is 5.96. The van der Waals surface area contributed by atoms with Crippen molar-refractivity contribution in [1.82, 2.24) is 15.3 Å². The Hall–Kier alpha value is -3.94. The summed E-state index contributed by atoms with van der Waals surface area (Å²) in [6.45, 7) is 3.99. The summed E-state index contributed by atoms with van der Waals surface area (Å²) >= 11 is 0. The Labute approximate surface area is 187 Å². The zero-order valence-electron chi connectivity index (χ0n) is 18.0. The third-order valence-corrected chi connectivity index (χ3v) is 4.85. The molecule has 0 fully saturated rings. The maximum absolute atomic E-state index is 12.9. The van der Waals surface area contributed by atoms with Crippen LogP contribution >= 0.6 is 0 Å². The number of aromatic nitrogens is 2. The fourth-order valence-electron chi connectivity index (χ4n) is 2.86. The van der Waals surface area contributed by atoms with Crippen molar-refractivity contribution in [3.63, 3.8) is 0 Å². The molecule has 0 aliphatic heterocycles. The Morgan fingerprint density at radius 3 is 2.31 bits per heavy atom. The summed E-state index contributed by atoms with van der Waals surface area (Å²) in [7, 11) is 0. The standard InChI is InChI=1S/C24H26N4O4/c1-3-17(2)21(28-24(30)31-16-18-8-5-4-6-9-18)22(29)27-19-10-12-20(13-11-19)32-23-25-14-7-15-26-23/h4-15,17,21H,3,16H2,1-2H3,(H,27,29)(H,28,30)/t17-,21-/m0/s1. The smallest absolute Gasteiger partial charge is 0.408 e. The van der Waals surface area contributed by atoms with Gasteiger partial charge in [0.1, 0.15) is 18.4 Å². The molecule has 2 atom stereocenters. The van der Waals surface area contributed by atoms with Gasteiger partial charge in [0.15, 0.2) is 0 Å². The molecular formula is C24H26N4O4. The van der Waals surface area contributed by atoms with E-state index in [1.165, 1.54) is 0 Å². The molecule has 1 heterocycles. The van der Waals surface area contributed by atoms with Gasteiger partial charge in [-0.3, -0.25) is 4.79 Å². The summed E-state index contributed by atoms with van der Waals surface area (Å²) in [5.74, 6) is 0.128. The number of amides is 2. The van der Waals surface area contributed by atoms with E-state index >= 15 is 0 Å². The number of ether oxygens (including phenoxy) is 2. The summed E-state index contributed by atoms with van der Waals surface area (Å²) in [6.07, 6.45) is 3.25. The summed E-state index contributed by atoms with van der Waals surface area (Å²) in [5, 5.41) is 5.52. The summed E-state index contributed by atoms with van der Waals surface area (Å²) < 4.78 is 10.8. The second kappa shape index (κ2) is 11.5. The number of nitrogens with zero attached hydrogens (tertiary/aromatic N) is 2. The van der Waals surface area contributed by atoms with Gasteiger partial charge in [0, 0.05) is 18.1 Å². The molecule has 0 unspecified atom stereocenters. The van der Waals surface area contributed by atoms with Gasteiger partial charge in [0.05, 0.1) is 0 Å². The first-order valence-corrected chi connectivity index (χ1v) is 10.4. The summed E-state index contributed by atoms with van der Waals surface area (Å²) in [4.78, 5) is 33.2. The quantitative estimate of drug-likeness (QED) is 0.512. The van der Waals surface area contributed by atoms with Crippen LogP contribution in [0.15, 0.2) is 73.1 Å². The van der Waals surface area contributed by atoms with Crippen molar-refractivity contribution in [2.24, 2.45) is 5.92 Å². The minimum atomic E-state index is -0.739. The van der Waals surface area contributed by atoms with Crippen molar-refractivity contribution in [3.05, 3.63) is 78.6 Å². The number of alkyl carbamates (subject to hydrolysis) is 1. The third kappa shape index (κ3) is 6.80. The minimum Gasteiger partial charge on any atom is -0.445 e. The van der Waals surface area contributed by atoms with E-state index in [0.717, 1.165) is 5.56 Å². The molecule has 0 radical (unpaired) electrons. The molecule has 32 heavy (non-hydrogen) atoms. The van der Waals surface area contributed by atoms with Gasteiger partial charge in [0.25, 0.3) is 0 Å². The molecule has 0 saturated heterocycles. The van der Waals surface area contributed by atoms with Gasteiger partial charge in [-0.05, 0) is 41.8 Å². The van der Waals surface area contributed by atoms with Crippen LogP contribution in [-0.2, 0) is 16.1 Å². The number of hydrogen-bond acceptors (Lipinski definition) is 6. The van der Waals surface area contributed by atoms with Gasteiger partial charge in [0.2, 0.25) is 5.91 Å². The molecule has 166 valence electrons. The van der Waals surface area contributed by atoms with Crippen LogP contribution in [0, 0.1) is 5.92 Å². The van der Waals surface area contributed by atoms with Gasteiger partial charge in [-0.2, -0.15) is 0 Å².